The van der Waals surface area contributed by atoms with Crippen LogP contribution in [0.25, 0.3) is 0 Å². The molecule has 2 aromatic rings. The van der Waals surface area contributed by atoms with Crippen molar-refractivity contribution in [2.24, 2.45) is 4.40 Å². The van der Waals surface area contributed by atoms with Crippen LogP contribution in [-0.4, -0.2) is 50.3 Å². The van der Waals surface area contributed by atoms with Crippen LogP contribution in [-0.2, 0) is 14.8 Å². The van der Waals surface area contributed by atoms with Gasteiger partial charge in [0.1, 0.15) is 10.6 Å². The number of hydrogen-bond acceptors (Lipinski definition) is 6. The molecule has 0 radical (unpaired) electrons. The van der Waals surface area contributed by atoms with Crippen molar-refractivity contribution in [3.63, 3.8) is 0 Å². The predicted octanol–water partition coefficient (Wildman–Crippen LogP) is 2.10. The molecule has 2 amide bonds. The standard InChI is InChI=1S/C22H26N4O5S/c1-22(2,3)23-19(27)13-14-26(24-21(28)15-9-11-16(31-4)12-10-15)20-17-7-5-6-8-18(17)32(29,30)25-20/h5-12H,13-14H2,1-4H3,(H,23,27)(H,24,28). The zero-order valence-corrected chi connectivity index (χ0v) is 19.2. The number of sulfonamides is 1. The van der Waals surface area contributed by atoms with Crippen molar-refractivity contribution < 1.29 is 22.7 Å². The number of nitrogens with one attached hydrogen (secondary N) is 2. The second-order valence-corrected chi connectivity index (χ2v) is 9.83. The maximum atomic E-state index is 12.9. The molecule has 1 heterocycles. The maximum Gasteiger partial charge on any atom is 0.285 e. The number of fused-ring (bicyclic) bond motifs is 1. The molecular weight excluding hydrogens is 432 g/mol. The second-order valence-electron chi connectivity index (χ2n) is 8.26. The number of hydrogen-bond donors (Lipinski definition) is 2. The minimum absolute atomic E-state index is 0.0153. The summed E-state index contributed by atoms with van der Waals surface area (Å²) in [7, 11) is -2.38. The number of carbonyl (C=O) groups is 2. The van der Waals surface area contributed by atoms with Crippen LogP contribution in [0.4, 0.5) is 0 Å². The number of rotatable bonds is 5. The zero-order valence-electron chi connectivity index (χ0n) is 18.4. The first-order valence-corrected chi connectivity index (χ1v) is 11.4. The van der Waals surface area contributed by atoms with Gasteiger partial charge in [-0.25, -0.2) is 0 Å². The number of amidine groups is 1. The fraction of sp³-hybridized carbons (Fsp3) is 0.318. The Labute approximate surface area is 187 Å². The van der Waals surface area contributed by atoms with E-state index in [0.29, 0.717) is 16.9 Å². The monoisotopic (exact) mass is 458 g/mol. The Morgan fingerprint density at radius 2 is 1.72 bits per heavy atom. The summed E-state index contributed by atoms with van der Waals surface area (Å²) in [4.78, 5) is 25.3. The average Bonchev–Trinajstić information content (AvgIpc) is 3.01. The smallest absolute Gasteiger partial charge is 0.285 e. The number of carbonyl (C=O) groups excluding carboxylic acids is 2. The van der Waals surface area contributed by atoms with Crippen LogP contribution < -0.4 is 15.5 Å². The minimum atomic E-state index is -3.90. The van der Waals surface area contributed by atoms with Gasteiger partial charge in [-0.1, -0.05) is 12.1 Å². The van der Waals surface area contributed by atoms with E-state index in [9.17, 15) is 18.0 Å². The number of ether oxygens (including phenoxy) is 1. The molecule has 2 N–H and O–H groups in total. The highest BCUT2D eigenvalue weighted by atomic mass is 32.2. The molecule has 0 saturated carbocycles. The van der Waals surface area contributed by atoms with Gasteiger partial charge in [-0.2, -0.15) is 8.42 Å². The molecule has 2 aromatic carbocycles. The maximum absolute atomic E-state index is 12.9. The van der Waals surface area contributed by atoms with Gasteiger partial charge < -0.3 is 10.1 Å². The summed E-state index contributed by atoms with van der Waals surface area (Å²) in [6.07, 6.45) is 0.0153. The van der Waals surface area contributed by atoms with Crippen LogP contribution in [0.2, 0.25) is 0 Å². The molecule has 0 aromatic heterocycles. The summed E-state index contributed by atoms with van der Waals surface area (Å²) in [5, 5.41) is 4.15. The van der Waals surface area contributed by atoms with Gasteiger partial charge in [-0.3, -0.25) is 20.0 Å². The highest BCUT2D eigenvalue weighted by Crippen LogP contribution is 2.27. The number of amides is 2. The predicted molar refractivity (Wildman–Crippen MR) is 120 cm³/mol. The molecule has 1 aliphatic rings. The van der Waals surface area contributed by atoms with E-state index in [4.69, 9.17) is 4.74 Å². The molecule has 3 rings (SSSR count). The second kappa shape index (κ2) is 8.99. The van der Waals surface area contributed by atoms with Gasteiger partial charge in [0.25, 0.3) is 15.9 Å². The molecule has 0 saturated heterocycles. The molecule has 32 heavy (non-hydrogen) atoms. The van der Waals surface area contributed by atoms with Crippen molar-refractivity contribution in [1.82, 2.24) is 15.8 Å². The number of methoxy groups -OCH3 is 1. The van der Waals surface area contributed by atoms with E-state index in [2.05, 4.69) is 15.1 Å². The Morgan fingerprint density at radius 1 is 1.06 bits per heavy atom. The summed E-state index contributed by atoms with van der Waals surface area (Å²) >= 11 is 0. The van der Waals surface area contributed by atoms with E-state index in [0.717, 1.165) is 0 Å². The first-order valence-electron chi connectivity index (χ1n) is 9.98. The molecular formula is C22H26N4O5S. The van der Waals surface area contributed by atoms with E-state index >= 15 is 0 Å². The molecule has 1 aliphatic heterocycles. The lowest BCUT2D eigenvalue weighted by Crippen LogP contribution is -2.48. The quantitative estimate of drug-likeness (QED) is 0.663. The van der Waals surface area contributed by atoms with E-state index < -0.39 is 21.5 Å². The fourth-order valence-electron chi connectivity index (χ4n) is 3.12. The van der Waals surface area contributed by atoms with Gasteiger partial charge in [0.05, 0.1) is 7.11 Å². The summed E-state index contributed by atoms with van der Waals surface area (Å²) < 4.78 is 34.0. The van der Waals surface area contributed by atoms with Crippen LogP contribution in [0.1, 0.15) is 43.1 Å². The van der Waals surface area contributed by atoms with Gasteiger partial charge in [-0.15, -0.1) is 4.40 Å². The van der Waals surface area contributed by atoms with Crippen molar-refractivity contribution >= 4 is 27.7 Å². The summed E-state index contributed by atoms with van der Waals surface area (Å²) in [6.45, 7) is 5.60. The van der Waals surface area contributed by atoms with E-state index in [1.807, 2.05) is 20.8 Å². The Morgan fingerprint density at radius 3 is 2.34 bits per heavy atom. The molecule has 0 unspecified atom stereocenters. The third kappa shape index (κ3) is 5.44. The van der Waals surface area contributed by atoms with Gasteiger partial charge in [0, 0.05) is 29.6 Å². The van der Waals surface area contributed by atoms with E-state index in [1.165, 1.54) is 18.2 Å². The molecule has 0 spiro atoms. The SMILES string of the molecule is COc1ccc(C(=O)NN(CCC(=O)NC(C)(C)C)C2=NS(=O)(=O)c3ccccc32)cc1. The molecule has 0 bridgehead atoms. The number of benzene rings is 2. The lowest BCUT2D eigenvalue weighted by atomic mass is 10.1. The normalized spacial score (nSPS) is 14.2. The zero-order chi connectivity index (χ0) is 23.5. The summed E-state index contributed by atoms with van der Waals surface area (Å²) in [5.74, 6) is -0.0623. The number of hydrazine groups is 1. The van der Waals surface area contributed by atoms with Crippen LogP contribution >= 0.6 is 0 Å². The fourth-order valence-corrected chi connectivity index (χ4v) is 4.33. The van der Waals surface area contributed by atoms with Crippen LogP contribution in [0.5, 0.6) is 5.75 Å². The van der Waals surface area contributed by atoms with Gasteiger partial charge in [0.2, 0.25) is 5.91 Å². The summed E-state index contributed by atoms with van der Waals surface area (Å²) in [6, 6.07) is 12.8. The first-order chi connectivity index (χ1) is 15.0. The first kappa shape index (κ1) is 23.3. The highest BCUT2D eigenvalue weighted by Gasteiger charge is 2.32. The van der Waals surface area contributed by atoms with E-state index in [1.54, 1.807) is 42.5 Å². The number of nitrogens with zero attached hydrogens (tertiary/aromatic N) is 2. The molecule has 0 aliphatic carbocycles. The Kier molecular flexibility index (Phi) is 6.54. The highest BCUT2D eigenvalue weighted by molar-refractivity contribution is 7.90. The molecule has 0 atom stereocenters. The Balaban J connectivity index is 1.88. The lowest BCUT2D eigenvalue weighted by molar-refractivity contribution is -0.122. The van der Waals surface area contributed by atoms with Crippen LogP contribution in [0, 0.1) is 0 Å². The van der Waals surface area contributed by atoms with Crippen molar-refractivity contribution in [3.8, 4) is 5.75 Å². The lowest BCUT2D eigenvalue weighted by Gasteiger charge is -2.26. The van der Waals surface area contributed by atoms with Crippen molar-refractivity contribution in [2.75, 3.05) is 13.7 Å². The van der Waals surface area contributed by atoms with Gasteiger partial charge in [-0.05, 0) is 57.2 Å². The van der Waals surface area contributed by atoms with Crippen molar-refractivity contribution in [2.45, 2.75) is 37.6 Å². The minimum Gasteiger partial charge on any atom is -0.497 e. The van der Waals surface area contributed by atoms with Gasteiger partial charge in [0.15, 0.2) is 5.84 Å². The van der Waals surface area contributed by atoms with Gasteiger partial charge >= 0.3 is 0 Å². The van der Waals surface area contributed by atoms with E-state index in [-0.39, 0.29) is 29.6 Å². The third-order valence-electron chi connectivity index (χ3n) is 4.53. The topological polar surface area (TPSA) is 117 Å². The average molecular weight is 459 g/mol. The van der Waals surface area contributed by atoms with Crippen molar-refractivity contribution in [3.05, 3.63) is 59.7 Å². The van der Waals surface area contributed by atoms with Crippen LogP contribution in [0.3, 0.4) is 0 Å². The van der Waals surface area contributed by atoms with Crippen molar-refractivity contribution in [1.29, 1.82) is 0 Å². The summed E-state index contributed by atoms with van der Waals surface area (Å²) in [5.41, 5.74) is 2.96. The molecule has 170 valence electrons. The molecule has 9 nitrogen and oxygen atoms in total. The Hall–Kier alpha value is -3.40. The molecule has 10 heteroatoms. The van der Waals surface area contributed by atoms with Crippen LogP contribution in [0.15, 0.2) is 57.8 Å². The third-order valence-corrected chi connectivity index (χ3v) is 5.86. The molecule has 0 fully saturated rings. The Bertz CT molecular complexity index is 1150. The largest absolute Gasteiger partial charge is 0.497 e.